The van der Waals surface area contributed by atoms with Gasteiger partial charge in [-0.15, -0.1) is 0 Å². The summed E-state index contributed by atoms with van der Waals surface area (Å²) in [5, 5.41) is 5.77. The fourth-order valence-corrected chi connectivity index (χ4v) is 2.78. The second-order valence-corrected chi connectivity index (χ2v) is 6.17. The smallest absolute Gasteiger partial charge is 0.273 e. The monoisotopic (exact) mass is 339 g/mol. The molecule has 6 heteroatoms. The topological polar surface area (TPSA) is 41.6 Å². The van der Waals surface area contributed by atoms with Crippen LogP contribution in [0.4, 0.5) is 13.2 Å². The first-order valence-electron chi connectivity index (χ1n) is 8.52. The van der Waals surface area contributed by atoms with E-state index in [1.807, 2.05) is 17.2 Å². The van der Waals surface area contributed by atoms with Crippen molar-refractivity contribution in [3.8, 4) is 11.4 Å². The number of unbranched alkanes of at least 4 members (excludes halogenated alkanes) is 1. The van der Waals surface area contributed by atoms with Crippen LogP contribution >= 0.6 is 0 Å². The largest absolute Gasteiger partial charge is 0.432 e. The Morgan fingerprint density at radius 2 is 1.92 bits per heavy atom. The Morgan fingerprint density at radius 1 is 1.12 bits per heavy atom. The fourth-order valence-electron chi connectivity index (χ4n) is 2.78. The molecular formula is C18H24F3N3. The van der Waals surface area contributed by atoms with Crippen molar-refractivity contribution in [1.82, 2.24) is 15.2 Å². The van der Waals surface area contributed by atoms with Crippen molar-refractivity contribution in [1.29, 1.82) is 0 Å². The van der Waals surface area contributed by atoms with Gasteiger partial charge < -0.3 is 0 Å². The standard InChI is InChI=1S/C18H24F3N3/c1-3-5-6-13(4-2)7-8-14-9-10-22-15(11-14)16-12-17(24-23-16)18(19,20)21/h9-13H,3-8H2,1-2H3,(H,23,24). The molecule has 1 N–H and O–H groups in total. The van der Waals surface area contributed by atoms with E-state index < -0.39 is 11.9 Å². The number of rotatable bonds is 8. The predicted octanol–water partition coefficient (Wildman–Crippen LogP) is 5.64. The molecule has 2 aromatic rings. The van der Waals surface area contributed by atoms with Gasteiger partial charge in [0.1, 0.15) is 11.4 Å². The Kier molecular flexibility index (Phi) is 6.40. The Hall–Kier alpha value is -1.85. The molecule has 0 saturated carbocycles. The van der Waals surface area contributed by atoms with E-state index in [0.717, 1.165) is 30.9 Å². The lowest BCUT2D eigenvalue weighted by molar-refractivity contribution is -0.141. The van der Waals surface area contributed by atoms with Crippen molar-refractivity contribution < 1.29 is 13.2 Å². The van der Waals surface area contributed by atoms with Gasteiger partial charge in [-0.1, -0.05) is 39.5 Å². The molecule has 0 aliphatic carbocycles. The van der Waals surface area contributed by atoms with Gasteiger partial charge in [-0.05, 0) is 42.5 Å². The van der Waals surface area contributed by atoms with Crippen molar-refractivity contribution >= 4 is 0 Å². The van der Waals surface area contributed by atoms with E-state index in [0.29, 0.717) is 11.6 Å². The quantitative estimate of drug-likeness (QED) is 0.676. The molecule has 0 aromatic carbocycles. The molecule has 0 amide bonds. The zero-order chi connectivity index (χ0) is 17.6. The number of hydrogen-bond donors (Lipinski definition) is 1. The minimum absolute atomic E-state index is 0.224. The van der Waals surface area contributed by atoms with Gasteiger partial charge in [-0.2, -0.15) is 18.3 Å². The molecule has 2 aromatic heterocycles. The molecule has 0 aliphatic heterocycles. The normalized spacial score (nSPS) is 13.2. The number of nitrogens with one attached hydrogen (secondary N) is 1. The molecule has 0 spiro atoms. The van der Waals surface area contributed by atoms with Crippen molar-refractivity contribution in [3.05, 3.63) is 35.7 Å². The summed E-state index contributed by atoms with van der Waals surface area (Å²) in [6.07, 6.45) is 4.06. The minimum Gasteiger partial charge on any atom is -0.273 e. The number of aryl methyl sites for hydroxylation is 1. The van der Waals surface area contributed by atoms with Crippen molar-refractivity contribution in [3.63, 3.8) is 0 Å². The molecule has 0 radical (unpaired) electrons. The molecule has 3 nitrogen and oxygen atoms in total. The third-order valence-corrected chi connectivity index (χ3v) is 4.35. The Morgan fingerprint density at radius 3 is 2.54 bits per heavy atom. The summed E-state index contributed by atoms with van der Waals surface area (Å²) in [5.74, 6) is 0.698. The lowest BCUT2D eigenvalue weighted by atomic mass is 9.92. The molecule has 24 heavy (non-hydrogen) atoms. The Bertz CT molecular complexity index is 634. The van der Waals surface area contributed by atoms with E-state index in [9.17, 15) is 13.2 Å². The first kappa shape index (κ1) is 18.5. The molecule has 2 heterocycles. The molecule has 1 unspecified atom stereocenters. The third-order valence-electron chi connectivity index (χ3n) is 4.35. The number of pyridine rings is 1. The Labute approximate surface area is 140 Å². The van der Waals surface area contributed by atoms with E-state index in [1.165, 1.54) is 19.3 Å². The van der Waals surface area contributed by atoms with Gasteiger partial charge in [0.2, 0.25) is 0 Å². The van der Waals surface area contributed by atoms with E-state index in [1.54, 1.807) is 6.20 Å². The van der Waals surface area contributed by atoms with Gasteiger partial charge in [0.05, 0.1) is 5.69 Å². The summed E-state index contributed by atoms with van der Waals surface area (Å²) in [6.45, 7) is 4.40. The summed E-state index contributed by atoms with van der Waals surface area (Å²) in [7, 11) is 0. The van der Waals surface area contributed by atoms with E-state index in [-0.39, 0.29) is 5.69 Å². The molecule has 2 rings (SSSR count). The molecule has 0 bridgehead atoms. The number of alkyl halides is 3. The SMILES string of the molecule is CCCCC(CC)CCc1ccnc(-c2cc(C(F)(F)F)[nH]n2)c1. The van der Waals surface area contributed by atoms with Gasteiger partial charge >= 0.3 is 6.18 Å². The van der Waals surface area contributed by atoms with Crippen molar-refractivity contribution in [2.45, 2.75) is 58.5 Å². The number of hydrogen-bond acceptors (Lipinski definition) is 2. The summed E-state index contributed by atoms with van der Waals surface area (Å²) >= 11 is 0. The highest BCUT2D eigenvalue weighted by Gasteiger charge is 2.33. The maximum absolute atomic E-state index is 12.7. The number of halogens is 3. The van der Waals surface area contributed by atoms with Crippen LogP contribution in [0.5, 0.6) is 0 Å². The predicted molar refractivity (Wildman–Crippen MR) is 88.4 cm³/mol. The number of nitrogens with zero attached hydrogens (tertiary/aromatic N) is 2. The minimum atomic E-state index is -4.42. The highest BCUT2D eigenvalue weighted by molar-refractivity contribution is 5.55. The molecule has 132 valence electrons. The van der Waals surface area contributed by atoms with Crippen LogP contribution in [0, 0.1) is 5.92 Å². The van der Waals surface area contributed by atoms with Crippen molar-refractivity contribution in [2.75, 3.05) is 0 Å². The lowest BCUT2D eigenvalue weighted by Crippen LogP contribution is -2.04. The molecular weight excluding hydrogens is 315 g/mol. The number of H-pyrrole nitrogens is 1. The van der Waals surface area contributed by atoms with Gasteiger partial charge in [0.25, 0.3) is 0 Å². The maximum atomic E-state index is 12.7. The molecule has 1 atom stereocenters. The van der Waals surface area contributed by atoms with Gasteiger partial charge in [-0.3, -0.25) is 10.1 Å². The first-order chi connectivity index (χ1) is 11.4. The zero-order valence-electron chi connectivity index (χ0n) is 14.2. The molecule has 0 aliphatic rings. The molecule has 0 saturated heterocycles. The van der Waals surface area contributed by atoms with Gasteiger partial charge in [0.15, 0.2) is 0 Å². The van der Waals surface area contributed by atoms with Crippen LogP contribution in [0.25, 0.3) is 11.4 Å². The van der Waals surface area contributed by atoms with E-state index >= 15 is 0 Å². The highest BCUT2D eigenvalue weighted by atomic mass is 19.4. The maximum Gasteiger partial charge on any atom is 0.432 e. The number of aromatic amines is 1. The summed E-state index contributed by atoms with van der Waals surface area (Å²) < 4.78 is 38.0. The second kappa shape index (κ2) is 8.31. The van der Waals surface area contributed by atoms with Crippen LogP contribution in [0.1, 0.15) is 57.2 Å². The van der Waals surface area contributed by atoms with Crippen LogP contribution in [-0.2, 0) is 12.6 Å². The fraction of sp³-hybridized carbons (Fsp3) is 0.556. The van der Waals surface area contributed by atoms with E-state index in [4.69, 9.17) is 0 Å². The third kappa shape index (κ3) is 5.08. The molecule has 0 fully saturated rings. The lowest BCUT2D eigenvalue weighted by Gasteiger charge is -2.14. The van der Waals surface area contributed by atoms with Gasteiger partial charge in [-0.25, -0.2) is 0 Å². The highest BCUT2D eigenvalue weighted by Crippen LogP contribution is 2.30. The summed E-state index contributed by atoms with van der Waals surface area (Å²) in [4.78, 5) is 4.15. The average Bonchev–Trinajstić information content (AvgIpc) is 3.06. The van der Waals surface area contributed by atoms with E-state index in [2.05, 4.69) is 23.9 Å². The first-order valence-corrected chi connectivity index (χ1v) is 8.52. The van der Waals surface area contributed by atoms with Crippen LogP contribution in [0.15, 0.2) is 24.4 Å². The number of aromatic nitrogens is 3. The van der Waals surface area contributed by atoms with Crippen LogP contribution in [-0.4, -0.2) is 15.2 Å². The van der Waals surface area contributed by atoms with Crippen molar-refractivity contribution in [2.24, 2.45) is 5.92 Å². The summed E-state index contributed by atoms with van der Waals surface area (Å²) in [5.41, 5.74) is 0.935. The van der Waals surface area contributed by atoms with Crippen LogP contribution < -0.4 is 0 Å². The average molecular weight is 339 g/mol. The second-order valence-electron chi connectivity index (χ2n) is 6.17. The van der Waals surface area contributed by atoms with Gasteiger partial charge in [0, 0.05) is 6.20 Å². The van der Waals surface area contributed by atoms with Crippen LogP contribution in [0.3, 0.4) is 0 Å². The summed E-state index contributed by atoms with van der Waals surface area (Å²) in [6, 6.07) is 4.76. The Balaban J connectivity index is 2.04. The van der Waals surface area contributed by atoms with Crippen LogP contribution in [0.2, 0.25) is 0 Å². The zero-order valence-corrected chi connectivity index (χ0v) is 14.2.